The number of rotatable bonds is 5. The van der Waals surface area contributed by atoms with Gasteiger partial charge in [0.1, 0.15) is 17.6 Å². The van der Waals surface area contributed by atoms with E-state index in [2.05, 4.69) is 20.7 Å². The number of aromatic nitrogens is 3. The lowest BCUT2D eigenvalue weighted by Crippen LogP contribution is -2.51. The molecule has 21 heavy (non-hydrogen) atoms. The van der Waals surface area contributed by atoms with E-state index in [0.717, 1.165) is 25.1 Å². The Bertz CT molecular complexity index is 518. The molecular formula is C13H22N6O2. The van der Waals surface area contributed by atoms with Gasteiger partial charge >= 0.3 is 0 Å². The standard InChI is InChI=1S/C13H22N6O2/c1-19-9-16-17-10(19)5-8-15-12(20)13(11(14)18-21)6-3-2-4-7-13/h9,21H,2-8H2,1H3,(H2,14,18)(H,15,20). The molecule has 1 aromatic rings. The Labute approximate surface area is 123 Å². The lowest BCUT2D eigenvalue weighted by molar-refractivity contribution is -0.129. The molecular weight excluding hydrogens is 272 g/mol. The first kappa shape index (κ1) is 15.3. The predicted molar refractivity (Wildman–Crippen MR) is 76.6 cm³/mol. The molecule has 8 heteroatoms. The van der Waals surface area contributed by atoms with E-state index in [0.29, 0.717) is 25.8 Å². The van der Waals surface area contributed by atoms with Crippen LogP contribution in [0, 0.1) is 5.41 Å². The van der Waals surface area contributed by atoms with Crippen LogP contribution in [0.15, 0.2) is 11.5 Å². The average molecular weight is 294 g/mol. The van der Waals surface area contributed by atoms with E-state index >= 15 is 0 Å². The highest BCUT2D eigenvalue weighted by molar-refractivity contribution is 6.06. The molecule has 1 fully saturated rings. The van der Waals surface area contributed by atoms with Crippen LogP contribution in [0.3, 0.4) is 0 Å². The molecule has 4 N–H and O–H groups in total. The number of hydrogen-bond acceptors (Lipinski definition) is 5. The molecule has 2 rings (SSSR count). The number of carbonyl (C=O) groups excluding carboxylic acids is 1. The third-order valence-corrected chi connectivity index (χ3v) is 4.18. The largest absolute Gasteiger partial charge is 0.409 e. The minimum atomic E-state index is -0.868. The fourth-order valence-electron chi connectivity index (χ4n) is 2.84. The normalized spacial score (nSPS) is 18.4. The maximum atomic E-state index is 12.5. The summed E-state index contributed by atoms with van der Waals surface area (Å²) in [6.07, 6.45) is 6.36. The minimum Gasteiger partial charge on any atom is -0.409 e. The molecule has 0 aliphatic heterocycles. The molecule has 1 aliphatic rings. The number of hydrogen-bond donors (Lipinski definition) is 3. The number of amidine groups is 1. The van der Waals surface area contributed by atoms with Crippen molar-refractivity contribution in [1.29, 1.82) is 0 Å². The smallest absolute Gasteiger partial charge is 0.233 e. The van der Waals surface area contributed by atoms with Crippen LogP contribution in [-0.4, -0.2) is 38.3 Å². The van der Waals surface area contributed by atoms with Crippen LogP contribution in [0.4, 0.5) is 0 Å². The topological polar surface area (TPSA) is 118 Å². The highest BCUT2D eigenvalue weighted by Gasteiger charge is 2.43. The summed E-state index contributed by atoms with van der Waals surface area (Å²) < 4.78 is 1.81. The van der Waals surface area contributed by atoms with Gasteiger partial charge in [0.15, 0.2) is 5.84 Å². The molecule has 0 saturated heterocycles. The predicted octanol–water partition coefficient (Wildman–Crippen LogP) is 0.171. The summed E-state index contributed by atoms with van der Waals surface area (Å²) >= 11 is 0. The van der Waals surface area contributed by atoms with E-state index in [9.17, 15) is 4.79 Å². The molecule has 1 saturated carbocycles. The first-order chi connectivity index (χ1) is 10.1. The van der Waals surface area contributed by atoms with Crippen LogP contribution in [0.25, 0.3) is 0 Å². The summed E-state index contributed by atoms with van der Waals surface area (Å²) in [4.78, 5) is 12.5. The van der Waals surface area contributed by atoms with Gasteiger partial charge in [-0.25, -0.2) is 0 Å². The van der Waals surface area contributed by atoms with Gasteiger partial charge in [0.25, 0.3) is 0 Å². The van der Waals surface area contributed by atoms with Crippen molar-refractivity contribution in [3.8, 4) is 0 Å². The van der Waals surface area contributed by atoms with Crippen LogP contribution in [0.1, 0.15) is 37.9 Å². The van der Waals surface area contributed by atoms with Crippen molar-refractivity contribution < 1.29 is 10.0 Å². The maximum absolute atomic E-state index is 12.5. The Kier molecular flexibility index (Phi) is 4.77. The van der Waals surface area contributed by atoms with Crippen molar-refractivity contribution in [3.63, 3.8) is 0 Å². The summed E-state index contributed by atoms with van der Waals surface area (Å²) in [6.45, 7) is 0.450. The summed E-state index contributed by atoms with van der Waals surface area (Å²) in [6, 6.07) is 0. The van der Waals surface area contributed by atoms with E-state index in [1.54, 1.807) is 6.33 Å². The molecule has 0 bridgehead atoms. The fourth-order valence-corrected chi connectivity index (χ4v) is 2.84. The van der Waals surface area contributed by atoms with Gasteiger partial charge in [0, 0.05) is 20.0 Å². The number of nitrogens with two attached hydrogens (primary N) is 1. The van der Waals surface area contributed by atoms with E-state index in [4.69, 9.17) is 10.9 Å². The Balaban J connectivity index is 1.97. The summed E-state index contributed by atoms with van der Waals surface area (Å²) in [5.74, 6) is 0.648. The maximum Gasteiger partial charge on any atom is 0.233 e. The van der Waals surface area contributed by atoms with Crippen LogP contribution >= 0.6 is 0 Å². The number of nitrogens with one attached hydrogen (secondary N) is 1. The lowest BCUT2D eigenvalue weighted by Gasteiger charge is -2.34. The minimum absolute atomic E-state index is 0.0124. The summed E-state index contributed by atoms with van der Waals surface area (Å²) in [5.41, 5.74) is 4.92. The molecule has 0 radical (unpaired) electrons. The summed E-state index contributed by atoms with van der Waals surface area (Å²) in [7, 11) is 1.86. The van der Waals surface area contributed by atoms with Crippen molar-refractivity contribution >= 4 is 11.7 Å². The third-order valence-electron chi connectivity index (χ3n) is 4.18. The molecule has 1 amide bonds. The second-order valence-corrected chi connectivity index (χ2v) is 5.49. The zero-order valence-corrected chi connectivity index (χ0v) is 12.2. The Morgan fingerprint density at radius 3 is 2.81 bits per heavy atom. The number of oxime groups is 1. The molecule has 1 heterocycles. The van der Waals surface area contributed by atoms with Gasteiger partial charge in [-0.15, -0.1) is 10.2 Å². The molecule has 116 valence electrons. The highest BCUT2D eigenvalue weighted by atomic mass is 16.4. The number of amides is 1. The zero-order valence-electron chi connectivity index (χ0n) is 12.2. The second kappa shape index (κ2) is 6.55. The Morgan fingerprint density at radius 1 is 1.52 bits per heavy atom. The van der Waals surface area contributed by atoms with Gasteiger partial charge < -0.3 is 20.8 Å². The monoisotopic (exact) mass is 294 g/mol. The molecule has 1 aliphatic carbocycles. The van der Waals surface area contributed by atoms with Crippen LogP contribution in [0.5, 0.6) is 0 Å². The second-order valence-electron chi connectivity index (χ2n) is 5.49. The van der Waals surface area contributed by atoms with Gasteiger partial charge in [0.2, 0.25) is 5.91 Å². The Morgan fingerprint density at radius 2 is 2.24 bits per heavy atom. The van der Waals surface area contributed by atoms with Gasteiger partial charge in [0.05, 0.1) is 0 Å². The van der Waals surface area contributed by atoms with Crippen molar-refractivity contribution in [3.05, 3.63) is 12.2 Å². The van der Waals surface area contributed by atoms with E-state index in [1.807, 2.05) is 11.6 Å². The quantitative estimate of drug-likeness (QED) is 0.309. The molecule has 1 aromatic heterocycles. The average Bonchev–Trinajstić information content (AvgIpc) is 2.92. The number of nitrogens with zero attached hydrogens (tertiary/aromatic N) is 4. The number of aryl methyl sites for hydroxylation is 1. The van der Waals surface area contributed by atoms with Crippen LogP contribution in [-0.2, 0) is 18.3 Å². The molecule has 8 nitrogen and oxygen atoms in total. The highest BCUT2D eigenvalue weighted by Crippen LogP contribution is 2.36. The molecule has 0 aromatic carbocycles. The van der Waals surface area contributed by atoms with E-state index in [1.165, 1.54) is 0 Å². The zero-order chi connectivity index (χ0) is 15.3. The van der Waals surface area contributed by atoms with Crippen molar-refractivity contribution in [2.24, 2.45) is 23.4 Å². The van der Waals surface area contributed by atoms with Crippen LogP contribution in [0.2, 0.25) is 0 Å². The summed E-state index contributed by atoms with van der Waals surface area (Å²) in [5, 5.41) is 22.7. The molecule has 0 spiro atoms. The van der Waals surface area contributed by atoms with E-state index < -0.39 is 5.41 Å². The van der Waals surface area contributed by atoms with E-state index in [-0.39, 0.29) is 11.7 Å². The Hall–Kier alpha value is -2.12. The van der Waals surface area contributed by atoms with Gasteiger partial charge in [-0.1, -0.05) is 24.4 Å². The molecule has 0 unspecified atom stereocenters. The van der Waals surface area contributed by atoms with Crippen molar-refractivity contribution in [2.75, 3.05) is 6.54 Å². The van der Waals surface area contributed by atoms with Gasteiger partial charge in [-0.2, -0.15) is 0 Å². The lowest BCUT2D eigenvalue weighted by atomic mass is 9.72. The van der Waals surface area contributed by atoms with Crippen molar-refractivity contribution in [1.82, 2.24) is 20.1 Å². The van der Waals surface area contributed by atoms with Gasteiger partial charge in [-0.05, 0) is 12.8 Å². The first-order valence-electron chi connectivity index (χ1n) is 7.19. The number of carbonyl (C=O) groups is 1. The molecule has 0 atom stereocenters. The SMILES string of the molecule is Cn1cnnc1CCNC(=O)C1(C(N)=NO)CCCCC1. The van der Waals surface area contributed by atoms with Crippen molar-refractivity contribution in [2.45, 2.75) is 38.5 Å². The fraction of sp³-hybridized carbons (Fsp3) is 0.692. The first-order valence-corrected chi connectivity index (χ1v) is 7.19. The van der Waals surface area contributed by atoms with Crippen LogP contribution < -0.4 is 11.1 Å². The third kappa shape index (κ3) is 3.14. The van der Waals surface area contributed by atoms with Gasteiger partial charge in [-0.3, -0.25) is 4.79 Å².